The third-order valence-electron chi connectivity index (χ3n) is 5.52. The van der Waals surface area contributed by atoms with Crippen LogP contribution >= 0.6 is 20.2 Å². The number of anilines is 1. The van der Waals surface area contributed by atoms with Gasteiger partial charge in [-0.15, -0.1) is 0 Å². The first-order valence-corrected chi connectivity index (χ1v) is 11.6. The van der Waals surface area contributed by atoms with Crippen LogP contribution in [0.5, 0.6) is 0 Å². The Balaban J connectivity index is 1.24. The SMILES string of the molecule is Nc1ncnc2c1ncn2[C@@H]1O[C@H](COP2OCCC(c3cc(F)c(F)cc3Cl)O2)[C@@H](O)[C@H]1O. The summed E-state index contributed by atoms with van der Waals surface area (Å²) in [5.74, 6) is -1.93. The van der Waals surface area contributed by atoms with Crippen molar-refractivity contribution >= 4 is 37.2 Å². The maximum atomic E-state index is 13.7. The Morgan fingerprint density at radius 2 is 2.00 bits per heavy atom. The van der Waals surface area contributed by atoms with Gasteiger partial charge in [0.25, 0.3) is 0 Å². The normalized spacial score (nSPS) is 29.7. The van der Waals surface area contributed by atoms with Crippen molar-refractivity contribution in [3.05, 3.63) is 47.0 Å². The first kappa shape index (κ1) is 23.6. The van der Waals surface area contributed by atoms with Gasteiger partial charge in [-0.2, -0.15) is 0 Å². The molecule has 182 valence electrons. The molecule has 0 spiro atoms. The summed E-state index contributed by atoms with van der Waals surface area (Å²) in [4.78, 5) is 12.1. The Hall–Kier alpha value is -2.09. The highest BCUT2D eigenvalue weighted by molar-refractivity contribution is 7.41. The number of halogens is 3. The summed E-state index contributed by atoms with van der Waals surface area (Å²) in [6.07, 6.45) is -2.21. The Morgan fingerprint density at radius 1 is 1.21 bits per heavy atom. The maximum absolute atomic E-state index is 13.7. The van der Waals surface area contributed by atoms with Crippen molar-refractivity contribution in [3.63, 3.8) is 0 Å². The Bertz CT molecular complexity index is 1210. The fourth-order valence-corrected chi connectivity index (χ4v) is 5.19. The van der Waals surface area contributed by atoms with Crippen LogP contribution in [0, 0.1) is 11.6 Å². The fourth-order valence-electron chi connectivity index (χ4n) is 3.77. The van der Waals surface area contributed by atoms with Gasteiger partial charge in [0.05, 0.1) is 25.6 Å². The van der Waals surface area contributed by atoms with E-state index in [1.165, 1.54) is 17.2 Å². The smallest absolute Gasteiger partial charge is 0.333 e. The van der Waals surface area contributed by atoms with Gasteiger partial charge in [0.2, 0.25) is 0 Å². The summed E-state index contributed by atoms with van der Waals surface area (Å²) in [5.41, 5.74) is 6.74. The quantitative estimate of drug-likeness (QED) is 0.340. The van der Waals surface area contributed by atoms with E-state index in [0.29, 0.717) is 17.6 Å². The van der Waals surface area contributed by atoms with E-state index in [-0.39, 0.29) is 29.6 Å². The molecule has 2 aliphatic rings. The molecule has 0 radical (unpaired) electrons. The number of aliphatic hydroxyl groups is 2. The monoisotopic (exact) mass is 517 g/mol. The number of fused-ring (bicyclic) bond motifs is 1. The van der Waals surface area contributed by atoms with E-state index in [9.17, 15) is 19.0 Å². The lowest BCUT2D eigenvalue weighted by Crippen LogP contribution is -2.33. The van der Waals surface area contributed by atoms with Gasteiger partial charge >= 0.3 is 8.60 Å². The van der Waals surface area contributed by atoms with Gasteiger partial charge in [-0.3, -0.25) is 4.57 Å². The Kier molecular flexibility index (Phi) is 6.62. The number of nitrogens with zero attached hydrogens (tertiary/aromatic N) is 4. The van der Waals surface area contributed by atoms with Crippen molar-refractivity contribution in [3.8, 4) is 0 Å². The fraction of sp³-hybridized carbons (Fsp3) is 0.421. The summed E-state index contributed by atoms with van der Waals surface area (Å²) < 4.78 is 51.2. The van der Waals surface area contributed by atoms with Crippen molar-refractivity contribution in [1.82, 2.24) is 19.5 Å². The average Bonchev–Trinajstić information content (AvgIpc) is 3.37. The van der Waals surface area contributed by atoms with Crippen LogP contribution in [0.3, 0.4) is 0 Å². The first-order valence-electron chi connectivity index (χ1n) is 10.1. The summed E-state index contributed by atoms with van der Waals surface area (Å²) in [5, 5.41) is 21.1. The van der Waals surface area contributed by atoms with Crippen LogP contribution in [0.15, 0.2) is 24.8 Å². The van der Waals surface area contributed by atoms with Crippen LogP contribution in [0.2, 0.25) is 5.02 Å². The third kappa shape index (κ3) is 4.34. The molecule has 2 aliphatic heterocycles. The predicted octanol–water partition coefficient (Wildman–Crippen LogP) is 2.38. The number of imidazole rings is 1. The van der Waals surface area contributed by atoms with Crippen LogP contribution in [0.4, 0.5) is 14.6 Å². The van der Waals surface area contributed by atoms with Gasteiger partial charge in [-0.1, -0.05) is 11.6 Å². The second-order valence-electron chi connectivity index (χ2n) is 7.65. The highest BCUT2D eigenvalue weighted by Gasteiger charge is 2.45. The maximum Gasteiger partial charge on any atom is 0.333 e. The van der Waals surface area contributed by atoms with E-state index in [1.807, 2.05) is 0 Å². The van der Waals surface area contributed by atoms with E-state index in [1.54, 1.807) is 0 Å². The topological polar surface area (TPSA) is 147 Å². The van der Waals surface area contributed by atoms with Crippen molar-refractivity contribution in [2.75, 3.05) is 18.9 Å². The molecule has 2 unspecified atom stereocenters. The molecular weight excluding hydrogens is 499 g/mol. The molecule has 2 aromatic heterocycles. The highest BCUT2D eigenvalue weighted by Crippen LogP contribution is 2.51. The molecule has 2 fully saturated rings. The first-order chi connectivity index (χ1) is 16.3. The van der Waals surface area contributed by atoms with Gasteiger partial charge < -0.3 is 34.3 Å². The van der Waals surface area contributed by atoms with Crippen LogP contribution in [-0.2, 0) is 18.3 Å². The largest absolute Gasteiger partial charge is 0.387 e. The van der Waals surface area contributed by atoms with Crippen LogP contribution < -0.4 is 5.73 Å². The minimum atomic E-state index is -1.91. The van der Waals surface area contributed by atoms with Crippen LogP contribution in [-0.4, -0.2) is 61.3 Å². The molecule has 0 bridgehead atoms. The summed E-state index contributed by atoms with van der Waals surface area (Å²) in [6, 6.07) is 1.87. The molecule has 0 amide bonds. The van der Waals surface area contributed by atoms with Gasteiger partial charge in [0.1, 0.15) is 30.2 Å². The molecule has 34 heavy (non-hydrogen) atoms. The van der Waals surface area contributed by atoms with Crippen LogP contribution in [0.25, 0.3) is 11.2 Å². The number of ether oxygens (including phenoxy) is 1. The third-order valence-corrected chi connectivity index (χ3v) is 7.03. The van der Waals surface area contributed by atoms with E-state index < -0.39 is 50.9 Å². The summed E-state index contributed by atoms with van der Waals surface area (Å²) in [6.45, 7) is 0.0512. The number of nitrogens with two attached hydrogens (primary N) is 1. The number of rotatable bonds is 5. The minimum absolute atomic E-state index is 0.0262. The molecule has 4 N–H and O–H groups in total. The zero-order valence-corrected chi connectivity index (χ0v) is 18.9. The summed E-state index contributed by atoms with van der Waals surface area (Å²) in [7, 11) is -1.91. The van der Waals surface area contributed by atoms with Crippen molar-refractivity contribution in [2.45, 2.75) is 37.1 Å². The number of aromatic nitrogens is 4. The van der Waals surface area contributed by atoms with Crippen molar-refractivity contribution < 1.29 is 37.3 Å². The average molecular weight is 518 g/mol. The Labute approximate surface area is 197 Å². The van der Waals surface area contributed by atoms with Crippen molar-refractivity contribution in [2.24, 2.45) is 0 Å². The summed E-state index contributed by atoms with van der Waals surface area (Å²) >= 11 is 6.05. The zero-order chi connectivity index (χ0) is 24.0. The number of hydrogen-bond donors (Lipinski definition) is 3. The molecule has 2 saturated heterocycles. The van der Waals surface area contributed by atoms with Gasteiger partial charge in [-0.05, 0) is 12.1 Å². The number of nitrogen functional groups attached to an aromatic ring is 1. The lowest BCUT2D eigenvalue weighted by atomic mass is 10.1. The molecule has 5 rings (SSSR count). The van der Waals surface area contributed by atoms with Gasteiger partial charge in [-0.25, -0.2) is 23.7 Å². The standard InChI is InChI=1S/C19H19ClF2N5O6P/c20-9-4-11(22)10(21)3-8(9)12-1-2-30-34(33-12)31-5-13-15(28)16(29)19(32-13)27-7-26-14-17(23)24-6-25-18(14)27/h3-4,6-7,12-13,15-16,19,28-29H,1-2,5H2,(H2,23,24,25)/t12?,13-,15-,16-,19-,34?/m1/s1. The van der Waals surface area contributed by atoms with Crippen LogP contribution in [0.1, 0.15) is 24.3 Å². The number of benzene rings is 1. The molecule has 0 saturated carbocycles. The second kappa shape index (κ2) is 9.51. The van der Waals surface area contributed by atoms with E-state index >= 15 is 0 Å². The molecule has 15 heteroatoms. The number of hydrogen-bond acceptors (Lipinski definition) is 10. The molecule has 4 heterocycles. The van der Waals surface area contributed by atoms with Crippen molar-refractivity contribution in [1.29, 1.82) is 0 Å². The molecule has 6 atom stereocenters. The number of aliphatic hydroxyl groups excluding tert-OH is 2. The van der Waals surface area contributed by atoms with E-state index in [2.05, 4.69) is 15.0 Å². The van der Waals surface area contributed by atoms with Gasteiger partial charge in [0.15, 0.2) is 29.3 Å². The molecule has 11 nitrogen and oxygen atoms in total. The Morgan fingerprint density at radius 3 is 2.82 bits per heavy atom. The van der Waals surface area contributed by atoms with Gasteiger partial charge in [0, 0.05) is 17.0 Å². The van der Waals surface area contributed by atoms with E-state index in [4.69, 9.17) is 35.6 Å². The lowest BCUT2D eigenvalue weighted by Gasteiger charge is -2.29. The molecule has 0 aliphatic carbocycles. The highest BCUT2D eigenvalue weighted by atomic mass is 35.5. The second-order valence-corrected chi connectivity index (χ2v) is 9.23. The predicted molar refractivity (Wildman–Crippen MR) is 114 cm³/mol. The lowest BCUT2D eigenvalue weighted by molar-refractivity contribution is -0.0529. The van der Waals surface area contributed by atoms with E-state index in [0.717, 1.165) is 12.1 Å². The zero-order valence-electron chi connectivity index (χ0n) is 17.3. The molecule has 3 aromatic rings. The molecule has 1 aromatic carbocycles. The molecular formula is C19H19ClF2N5O6P. The minimum Gasteiger partial charge on any atom is -0.387 e.